The predicted octanol–water partition coefficient (Wildman–Crippen LogP) is 2.70. The van der Waals surface area contributed by atoms with Crippen LogP contribution in [0, 0.1) is 5.82 Å². The van der Waals surface area contributed by atoms with Crippen molar-refractivity contribution in [2.24, 2.45) is 0 Å². The lowest BCUT2D eigenvalue weighted by Crippen LogP contribution is -2.03. The Morgan fingerprint density at radius 1 is 1.15 bits per heavy atom. The van der Waals surface area contributed by atoms with E-state index >= 15 is 0 Å². The number of nitrogen functional groups attached to an aromatic ring is 1. The Morgan fingerprint density at radius 3 is 2.70 bits per heavy atom. The molecule has 0 radical (unpaired) electrons. The third kappa shape index (κ3) is 2.10. The lowest BCUT2D eigenvalue weighted by Gasteiger charge is -2.08. The number of benzene rings is 2. The van der Waals surface area contributed by atoms with E-state index in [9.17, 15) is 4.39 Å². The molecule has 2 aromatic carbocycles. The van der Waals surface area contributed by atoms with Crippen molar-refractivity contribution in [2.45, 2.75) is 0 Å². The monoisotopic (exact) mass is 289 g/mol. The minimum absolute atomic E-state index is 0.108. The SMILES string of the molecule is Nc1cccc(-c2nnnn2-c2c(F)cccc2Cl)c1. The van der Waals surface area contributed by atoms with Crippen molar-refractivity contribution in [1.82, 2.24) is 20.2 Å². The van der Waals surface area contributed by atoms with Gasteiger partial charge in [0.2, 0.25) is 0 Å². The average molecular weight is 290 g/mol. The van der Waals surface area contributed by atoms with Crippen molar-refractivity contribution in [3.8, 4) is 17.1 Å². The van der Waals surface area contributed by atoms with Gasteiger partial charge in [-0.25, -0.2) is 4.39 Å². The highest BCUT2D eigenvalue weighted by Crippen LogP contribution is 2.27. The van der Waals surface area contributed by atoms with Gasteiger partial charge in [0.05, 0.1) is 5.02 Å². The topological polar surface area (TPSA) is 69.6 Å². The van der Waals surface area contributed by atoms with Crippen LogP contribution in [0.25, 0.3) is 17.1 Å². The van der Waals surface area contributed by atoms with Crippen LogP contribution in [0.2, 0.25) is 5.02 Å². The molecule has 0 bridgehead atoms. The second kappa shape index (κ2) is 4.90. The van der Waals surface area contributed by atoms with Crippen molar-refractivity contribution in [3.63, 3.8) is 0 Å². The van der Waals surface area contributed by atoms with Crippen molar-refractivity contribution < 1.29 is 4.39 Å². The van der Waals surface area contributed by atoms with Crippen molar-refractivity contribution >= 4 is 17.3 Å². The van der Waals surface area contributed by atoms with Gasteiger partial charge < -0.3 is 5.73 Å². The molecule has 0 saturated carbocycles. The molecule has 100 valence electrons. The van der Waals surface area contributed by atoms with Gasteiger partial charge in [0, 0.05) is 11.3 Å². The summed E-state index contributed by atoms with van der Waals surface area (Å²) in [5, 5.41) is 11.5. The third-order valence-corrected chi connectivity index (χ3v) is 3.07. The summed E-state index contributed by atoms with van der Waals surface area (Å²) in [5.41, 5.74) is 7.08. The Balaban J connectivity index is 2.21. The van der Waals surface area contributed by atoms with Crippen LogP contribution in [0.15, 0.2) is 42.5 Å². The lowest BCUT2D eigenvalue weighted by atomic mass is 10.2. The van der Waals surface area contributed by atoms with E-state index in [0.29, 0.717) is 17.1 Å². The molecule has 0 aliphatic heterocycles. The minimum atomic E-state index is -0.505. The molecule has 0 spiro atoms. The van der Waals surface area contributed by atoms with E-state index in [0.717, 1.165) is 0 Å². The Kier molecular flexibility index (Phi) is 3.08. The van der Waals surface area contributed by atoms with Gasteiger partial charge in [-0.05, 0) is 34.7 Å². The average Bonchev–Trinajstić information content (AvgIpc) is 2.87. The first-order valence-corrected chi connectivity index (χ1v) is 6.13. The number of hydrogen-bond acceptors (Lipinski definition) is 4. The van der Waals surface area contributed by atoms with E-state index in [2.05, 4.69) is 15.5 Å². The molecule has 7 heteroatoms. The number of rotatable bonds is 2. The van der Waals surface area contributed by atoms with Crippen LogP contribution in [-0.4, -0.2) is 20.2 Å². The number of halogens is 2. The zero-order chi connectivity index (χ0) is 14.1. The fourth-order valence-electron chi connectivity index (χ4n) is 1.89. The fourth-order valence-corrected chi connectivity index (χ4v) is 2.13. The summed E-state index contributed by atoms with van der Waals surface area (Å²) in [5.74, 6) is -0.140. The molecule has 0 atom stereocenters. The summed E-state index contributed by atoms with van der Waals surface area (Å²) in [6.07, 6.45) is 0. The maximum absolute atomic E-state index is 14.0. The van der Waals surface area contributed by atoms with Crippen LogP contribution in [0.5, 0.6) is 0 Å². The zero-order valence-corrected chi connectivity index (χ0v) is 10.9. The summed E-state index contributed by atoms with van der Waals surface area (Å²) < 4.78 is 15.2. The van der Waals surface area contributed by atoms with Crippen LogP contribution in [0.3, 0.4) is 0 Å². The fraction of sp³-hybridized carbons (Fsp3) is 0. The van der Waals surface area contributed by atoms with Gasteiger partial charge in [-0.1, -0.05) is 29.8 Å². The number of para-hydroxylation sites is 1. The first-order chi connectivity index (χ1) is 9.66. The number of hydrogen-bond donors (Lipinski definition) is 1. The van der Waals surface area contributed by atoms with Gasteiger partial charge >= 0.3 is 0 Å². The second-order valence-electron chi connectivity index (χ2n) is 4.11. The highest BCUT2D eigenvalue weighted by Gasteiger charge is 2.17. The smallest absolute Gasteiger partial charge is 0.187 e. The molecule has 5 nitrogen and oxygen atoms in total. The molecule has 0 amide bonds. The van der Waals surface area contributed by atoms with E-state index in [-0.39, 0.29) is 10.7 Å². The molecule has 3 aromatic rings. The first kappa shape index (κ1) is 12.6. The highest BCUT2D eigenvalue weighted by atomic mass is 35.5. The molecule has 0 aliphatic rings. The molecule has 0 aliphatic carbocycles. The Morgan fingerprint density at radius 2 is 1.95 bits per heavy atom. The predicted molar refractivity (Wildman–Crippen MR) is 74.0 cm³/mol. The van der Waals surface area contributed by atoms with E-state index < -0.39 is 5.82 Å². The molecule has 0 unspecified atom stereocenters. The minimum Gasteiger partial charge on any atom is -0.399 e. The van der Waals surface area contributed by atoms with E-state index in [4.69, 9.17) is 17.3 Å². The van der Waals surface area contributed by atoms with Gasteiger partial charge in [-0.3, -0.25) is 0 Å². The lowest BCUT2D eigenvalue weighted by molar-refractivity contribution is 0.608. The number of aromatic nitrogens is 4. The number of tetrazole rings is 1. The zero-order valence-electron chi connectivity index (χ0n) is 10.2. The molecule has 3 rings (SSSR count). The third-order valence-electron chi connectivity index (χ3n) is 2.76. The van der Waals surface area contributed by atoms with E-state index in [1.165, 1.54) is 16.8 Å². The Hall–Kier alpha value is -2.47. The van der Waals surface area contributed by atoms with Gasteiger partial charge in [0.1, 0.15) is 5.69 Å². The van der Waals surface area contributed by atoms with E-state index in [1.807, 2.05) is 0 Å². The van der Waals surface area contributed by atoms with E-state index in [1.54, 1.807) is 30.3 Å². The van der Waals surface area contributed by atoms with Crippen molar-refractivity contribution in [3.05, 3.63) is 53.3 Å². The number of nitrogens with two attached hydrogens (primary N) is 1. The Labute approximate surface area is 118 Å². The standard InChI is InChI=1S/C13H9ClFN5/c14-10-5-2-6-11(15)12(10)20-13(17-18-19-20)8-3-1-4-9(16)7-8/h1-7H,16H2. The summed E-state index contributed by atoms with van der Waals surface area (Å²) in [6.45, 7) is 0. The maximum atomic E-state index is 14.0. The van der Waals surface area contributed by atoms with Crippen LogP contribution in [0.1, 0.15) is 0 Å². The summed E-state index contributed by atoms with van der Waals surface area (Å²) in [4.78, 5) is 0. The largest absolute Gasteiger partial charge is 0.399 e. The summed E-state index contributed by atoms with van der Waals surface area (Å²) in [6, 6.07) is 11.4. The highest BCUT2D eigenvalue weighted by molar-refractivity contribution is 6.32. The molecular weight excluding hydrogens is 281 g/mol. The molecule has 0 saturated heterocycles. The quantitative estimate of drug-likeness (QED) is 0.736. The molecule has 1 heterocycles. The van der Waals surface area contributed by atoms with Crippen molar-refractivity contribution in [1.29, 1.82) is 0 Å². The van der Waals surface area contributed by atoms with Crippen LogP contribution in [0.4, 0.5) is 10.1 Å². The molecule has 2 N–H and O–H groups in total. The normalized spacial score (nSPS) is 10.7. The van der Waals surface area contributed by atoms with Gasteiger partial charge in [-0.2, -0.15) is 4.68 Å². The van der Waals surface area contributed by atoms with Crippen LogP contribution in [-0.2, 0) is 0 Å². The molecule has 0 fully saturated rings. The second-order valence-corrected chi connectivity index (χ2v) is 4.52. The Bertz CT molecular complexity index is 751. The van der Waals surface area contributed by atoms with Crippen LogP contribution >= 0.6 is 11.6 Å². The summed E-state index contributed by atoms with van der Waals surface area (Å²) in [7, 11) is 0. The van der Waals surface area contributed by atoms with Crippen molar-refractivity contribution in [2.75, 3.05) is 5.73 Å². The maximum Gasteiger partial charge on any atom is 0.187 e. The van der Waals surface area contributed by atoms with Gasteiger partial charge in [0.15, 0.2) is 11.6 Å². The number of anilines is 1. The number of nitrogens with zero attached hydrogens (tertiary/aromatic N) is 4. The molecule has 20 heavy (non-hydrogen) atoms. The van der Waals surface area contributed by atoms with Crippen LogP contribution < -0.4 is 5.73 Å². The first-order valence-electron chi connectivity index (χ1n) is 5.75. The van der Waals surface area contributed by atoms with Gasteiger partial charge in [0.25, 0.3) is 0 Å². The summed E-state index contributed by atoms with van der Waals surface area (Å²) >= 11 is 6.03. The molecule has 1 aromatic heterocycles. The van der Waals surface area contributed by atoms with Gasteiger partial charge in [-0.15, -0.1) is 5.10 Å². The molecular formula is C13H9ClFN5.